The quantitative estimate of drug-likeness (QED) is 0.118. The SMILES string of the molecule is [2H]C([2H])([2H])c1cc(-c2cc[c-]c(-c3cc(C([2H])(C)C)ccn3)c2)cc(C([2H])([2H])[2H])c1.[2H]C([2H])(c1ccccc1)c1ccc2c(c1)oc1c(-c3cc([Si](C)(C)C)ccn3)[c-]ccc12.[Ir]. The molecule has 3 aromatic heterocycles. The van der Waals surface area contributed by atoms with Gasteiger partial charge in [-0.2, -0.15) is 0 Å². The maximum Gasteiger partial charge on any atom is 0.121 e. The summed E-state index contributed by atoms with van der Waals surface area (Å²) in [5.41, 5.74) is 7.54. The van der Waals surface area contributed by atoms with E-state index in [4.69, 9.17) is 16.8 Å². The number of hydrogen-bond donors (Lipinski definition) is 0. The minimum atomic E-state index is -2.42. The monoisotopic (exact) mass is 908 g/mol. The van der Waals surface area contributed by atoms with Gasteiger partial charge in [0.25, 0.3) is 0 Å². The van der Waals surface area contributed by atoms with Crippen molar-refractivity contribution in [3.8, 4) is 33.6 Å². The van der Waals surface area contributed by atoms with Gasteiger partial charge in [-0.1, -0.05) is 139 Å². The van der Waals surface area contributed by atoms with Gasteiger partial charge in [0.2, 0.25) is 0 Å². The third-order valence-corrected chi connectivity index (χ3v) is 11.1. The number of nitrogens with zero attached hydrogens (tertiary/aromatic N) is 2. The fourth-order valence-corrected chi connectivity index (χ4v) is 7.35. The van der Waals surface area contributed by atoms with Crippen LogP contribution in [0, 0.1) is 25.8 Å². The van der Waals surface area contributed by atoms with Crippen molar-refractivity contribution in [1.29, 1.82) is 0 Å². The van der Waals surface area contributed by atoms with Crippen molar-refractivity contribution < 1.29 is 36.9 Å². The number of aryl methyl sites for hydroxylation is 2. The zero-order valence-electron chi connectivity index (χ0n) is 39.8. The molecule has 0 N–H and O–H groups in total. The fourth-order valence-electron chi connectivity index (χ4n) is 6.21. The summed E-state index contributed by atoms with van der Waals surface area (Å²) in [6.45, 7) is 5.70. The van der Waals surface area contributed by atoms with Crippen molar-refractivity contribution in [1.82, 2.24) is 9.97 Å². The van der Waals surface area contributed by atoms with Crippen LogP contribution in [0.25, 0.3) is 55.6 Å². The van der Waals surface area contributed by atoms with Crippen LogP contribution < -0.4 is 5.19 Å². The minimum Gasteiger partial charge on any atom is -0.501 e. The number of aromatic nitrogens is 2. The van der Waals surface area contributed by atoms with Gasteiger partial charge in [0.05, 0.1) is 13.7 Å². The largest absolute Gasteiger partial charge is 0.501 e. The summed E-state index contributed by atoms with van der Waals surface area (Å²) < 4.78 is 78.2. The van der Waals surface area contributed by atoms with Crippen LogP contribution in [-0.2, 0) is 26.5 Å². The average molecular weight is 908 g/mol. The first-order valence-electron chi connectivity index (χ1n) is 22.1. The Morgan fingerprint density at radius 1 is 0.722 bits per heavy atom. The van der Waals surface area contributed by atoms with Crippen LogP contribution >= 0.6 is 0 Å². The van der Waals surface area contributed by atoms with E-state index in [-0.39, 0.29) is 31.2 Å². The Kier molecular flexibility index (Phi) is 8.77. The molecule has 0 saturated carbocycles. The molecule has 54 heavy (non-hydrogen) atoms. The van der Waals surface area contributed by atoms with E-state index in [0.29, 0.717) is 39.1 Å². The van der Waals surface area contributed by atoms with Crippen LogP contribution in [0.5, 0.6) is 0 Å². The van der Waals surface area contributed by atoms with Crippen LogP contribution in [0.1, 0.15) is 59.9 Å². The summed E-state index contributed by atoms with van der Waals surface area (Å²) in [5.74, 6) is -0.780. The molecule has 5 heteroatoms. The first-order valence-corrected chi connectivity index (χ1v) is 21.1. The van der Waals surface area contributed by atoms with Crippen LogP contribution in [0.15, 0.2) is 138 Å². The molecular formula is C49H46IrN2OSi-2. The summed E-state index contributed by atoms with van der Waals surface area (Å²) in [7, 11) is -1.48. The fraction of sp³-hybridized carbons (Fsp3) is 0.184. The van der Waals surface area contributed by atoms with Gasteiger partial charge in [-0.05, 0) is 72.2 Å². The molecule has 0 fully saturated rings. The van der Waals surface area contributed by atoms with Crippen molar-refractivity contribution in [3.63, 3.8) is 0 Å². The van der Waals surface area contributed by atoms with Crippen LogP contribution in [0.2, 0.25) is 19.6 Å². The Morgan fingerprint density at radius 2 is 1.46 bits per heavy atom. The maximum absolute atomic E-state index is 8.69. The predicted octanol–water partition coefficient (Wildman–Crippen LogP) is 12.5. The Bertz CT molecular complexity index is 2870. The van der Waals surface area contributed by atoms with Gasteiger partial charge in [-0.3, -0.25) is 0 Å². The molecule has 0 atom stereocenters. The Balaban J connectivity index is 0.000000207. The van der Waals surface area contributed by atoms with E-state index in [1.165, 1.54) is 23.4 Å². The van der Waals surface area contributed by atoms with E-state index >= 15 is 0 Å². The van der Waals surface area contributed by atoms with Gasteiger partial charge in [0.15, 0.2) is 0 Å². The van der Waals surface area contributed by atoms with Gasteiger partial charge in [0, 0.05) is 50.2 Å². The van der Waals surface area contributed by atoms with Gasteiger partial charge in [-0.15, -0.1) is 53.6 Å². The summed E-state index contributed by atoms with van der Waals surface area (Å²) in [4.78, 5) is 8.99. The van der Waals surface area contributed by atoms with Crippen LogP contribution in [0.3, 0.4) is 0 Å². The molecule has 3 heterocycles. The minimum absolute atomic E-state index is 0. The summed E-state index contributed by atoms with van der Waals surface area (Å²) in [5, 5.41) is 3.28. The van der Waals surface area contributed by atoms with E-state index in [0.717, 1.165) is 33.2 Å². The molecule has 0 bridgehead atoms. The van der Waals surface area contributed by atoms with E-state index in [1.54, 1.807) is 44.3 Å². The molecule has 0 spiro atoms. The second kappa shape index (κ2) is 16.6. The van der Waals surface area contributed by atoms with E-state index in [9.17, 15) is 0 Å². The summed E-state index contributed by atoms with van der Waals surface area (Å²) in [6.07, 6.45) is 1.89. The van der Waals surface area contributed by atoms with Crippen molar-refractivity contribution >= 4 is 35.2 Å². The smallest absolute Gasteiger partial charge is 0.121 e. The number of rotatable bonds is 7. The molecule has 0 aliphatic rings. The second-order valence-electron chi connectivity index (χ2n) is 14.3. The molecule has 0 aliphatic heterocycles. The standard InChI is InChI=1S/C27H24NOSi.C22H22N.Ir/c1-30(2,3)21-14-15-28-25(18-21)24-11-7-10-23-22-13-12-20(17-26(22)29-27(23)24)16-19-8-5-4-6-9-19;1-15(2)18-8-9-23-22(14-18)20-7-5-6-19(13-20)21-11-16(3)10-17(4)12-21;/h4-10,12-15,17-18H,16H2,1-3H3;5-6,8-15H,1-4H3;/q2*-1;/i16D2;3D3,4D3,15D;. The predicted molar refractivity (Wildman–Crippen MR) is 226 cm³/mol. The van der Waals surface area contributed by atoms with Crippen molar-refractivity contribution in [2.45, 2.75) is 59.5 Å². The molecule has 273 valence electrons. The second-order valence-corrected chi connectivity index (χ2v) is 19.4. The molecule has 8 rings (SSSR count). The van der Waals surface area contributed by atoms with Crippen LogP contribution in [-0.4, -0.2) is 18.0 Å². The molecule has 3 nitrogen and oxygen atoms in total. The van der Waals surface area contributed by atoms with Crippen LogP contribution in [0.4, 0.5) is 0 Å². The third-order valence-electron chi connectivity index (χ3n) is 9.06. The molecule has 0 saturated heterocycles. The number of hydrogen-bond acceptors (Lipinski definition) is 3. The van der Waals surface area contributed by atoms with Gasteiger partial charge in [-0.25, -0.2) is 0 Å². The van der Waals surface area contributed by atoms with E-state index in [2.05, 4.69) is 53.9 Å². The normalized spacial score (nSPS) is 14.7. The topological polar surface area (TPSA) is 38.9 Å². The molecule has 0 unspecified atom stereocenters. The first-order chi connectivity index (χ1) is 29.0. The Hall–Kier alpha value is -4.93. The molecule has 5 aromatic carbocycles. The van der Waals surface area contributed by atoms with E-state index < -0.39 is 34.0 Å². The molecular weight excluding hydrogens is 853 g/mol. The number of fused-ring (bicyclic) bond motifs is 3. The number of benzene rings is 5. The molecule has 8 aromatic rings. The first kappa shape index (κ1) is 28.5. The average Bonchev–Trinajstić information content (AvgIpc) is 3.61. The van der Waals surface area contributed by atoms with Crippen molar-refractivity contribution in [2.24, 2.45) is 0 Å². The van der Waals surface area contributed by atoms with Gasteiger partial charge in [0.1, 0.15) is 5.58 Å². The number of furan rings is 1. The summed E-state index contributed by atoms with van der Waals surface area (Å²) in [6, 6.07) is 42.6. The summed E-state index contributed by atoms with van der Waals surface area (Å²) >= 11 is 0. The zero-order valence-corrected chi connectivity index (χ0v) is 34.2. The van der Waals surface area contributed by atoms with Crippen molar-refractivity contribution in [2.75, 3.05) is 0 Å². The number of pyridine rings is 2. The van der Waals surface area contributed by atoms with Crippen molar-refractivity contribution in [3.05, 3.63) is 174 Å². The Morgan fingerprint density at radius 3 is 2.20 bits per heavy atom. The Labute approximate surface area is 347 Å². The van der Waals surface area contributed by atoms with E-state index in [1.807, 2.05) is 72.9 Å². The maximum atomic E-state index is 8.69. The van der Waals surface area contributed by atoms with Gasteiger partial charge < -0.3 is 14.4 Å². The molecule has 1 radical (unpaired) electrons. The third kappa shape index (κ3) is 8.88. The molecule has 0 amide bonds. The molecule has 0 aliphatic carbocycles. The zero-order chi connectivity index (χ0) is 44.8. The van der Waals surface area contributed by atoms with Gasteiger partial charge >= 0.3 is 0 Å².